The third-order valence-electron chi connectivity index (χ3n) is 3.89. The first-order chi connectivity index (χ1) is 12.5. The number of nitrogens with zero attached hydrogens (tertiary/aromatic N) is 1. The monoisotopic (exact) mass is 358 g/mol. The number of nitrogens with one attached hydrogen (secondary N) is 1. The van der Waals surface area contributed by atoms with Gasteiger partial charge in [-0.2, -0.15) is 0 Å². The van der Waals surface area contributed by atoms with Gasteiger partial charge in [0.05, 0.1) is 11.3 Å². The van der Waals surface area contributed by atoms with Gasteiger partial charge in [-0.25, -0.2) is 13.6 Å². The van der Waals surface area contributed by atoms with E-state index in [2.05, 4.69) is 5.32 Å². The van der Waals surface area contributed by atoms with Crippen molar-refractivity contribution in [3.63, 3.8) is 0 Å². The molecule has 2 aromatic carbocycles. The summed E-state index contributed by atoms with van der Waals surface area (Å²) < 4.78 is 33.3. The number of esters is 1. The summed E-state index contributed by atoms with van der Waals surface area (Å²) in [5.41, 5.74) is 1.05. The van der Waals surface area contributed by atoms with E-state index < -0.39 is 30.1 Å². The van der Waals surface area contributed by atoms with E-state index in [0.29, 0.717) is 18.2 Å². The van der Waals surface area contributed by atoms with Gasteiger partial charge < -0.3 is 14.6 Å². The van der Waals surface area contributed by atoms with Crippen molar-refractivity contribution in [3.8, 4) is 0 Å². The Hall–Kier alpha value is -3.22. The predicted molar refractivity (Wildman–Crippen MR) is 92.9 cm³/mol. The van der Waals surface area contributed by atoms with Gasteiger partial charge in [-0.1, -0.05) is 18.2 Å². The van der Waals surface area contributed by atoms with Gasteiger partial charge in [0.15, 0.2) is 6.61 Å². The van der Waals surface area contributed by atoms with Crippen molar-refractivity contribution in [2.75, 3.05) is 11.9 Å². The highest BCUT2D eigenvalue weighted by molar-refractivity contribution is 6.05. The number of aryl methyl sites for hydroxylation is 1. The lowest BCUT2D eigenvalue weighted by Gasteiger charge is -2.07. The lowest BCUT2D eigenvalue weighted by atomic mass is 10.2. The molecule has 0 spiro atoms. The number of para-hydroxylation sites is 1. The smallest absolute Gasteiger partial charge is 0.340 e. The molecule has 26 heavy (non-hydrogen) atoms. The summed E-state index contributed by atoms with van der Waals surface area (Å²) in [7, 11) is 0. The first kappa shape index (κ1) is 17.6. The number of aromatic nitrogens is 1. The second-order valence-electron chi connectivity index (χ2n) is 5.59. The van der Waals surface area contributed by atoms with E-state index in [0.717, 1.165) is 23.0 Å². The molecule has 0 aliphatic rings. The van der Waals surface area contributed by atoms with Crippen molar-refractivity contribution in [3.05, 3.63) is 65.9 Å². The SMILES string of the molecule is CCn1cc(C(=O)OCC(=O)Nc2ccc(F)cc2F)c2ccccc21. The Morgan fingerprint density at radius 2 is 1.92 bits per heavy atom. The van der Waals surface area contributed by atoms with Gasteiger partial charge in [0.25, 0.3) is 5.91 Å². The van der Waals surface area contributed by atoms with Crippen molar-refractivity contribution >= 4 is 28.5 Å². The number of halogens is 2. The Morgan fingerprint density at radius 3 is 2.65 bits per heavy atom. The van der Waals surface area contributed by atoms with Crippen molar-refractivity contribution in [2.24, 2.45) is 0 Å². The molecule has 0 saturated carbocycles. The van der Waals surface area contributed by atoms with Gasteiger partial charge in [0, 0.05) is 29.7 Å². The molecule has 0 unspecified atom stereocenters. The highest BCUT2D eigenvalue weighted by Gasteiger charge is 2.17. The van der Waals surface area contributed by atoms with E-state index in [9.17, 15) is 18.4 Å². The average Bonchev–Trinajstić information content (AvgIpc) is 3.01. The van der Waals surface area contributed by atoms with Crippen molar-refractivity contribution < 1.29 is 23.1 Å². The van der Waals surface area contributed by atoms with Crippen LogP contribution in [-0.4, -0.2) is 23.1 Å². The lowest BCUT2D eigenvalue weighted by molar-refractivity contribution is -0.119. The number of hydrogen-bond acceptors (Lipinski definition) is 3. The second kappa shape index (κ2) is 7.35. The topological polar surface area (TPSA) is 60.3 Å². The zero-order valence-corrected chi connectivity index (χ0v) is 14.0. The molecule has 0 atom stereocenters. The molecule has 5 nitrogen and oxygen atoms in total. The van der Waals surface area contributed by atoms with Gasteiger partial charge in [-0.15, -0.1) is 0 Å². The molecule has 3 rings (SSSR count). The molecular formula is C19H16F2N2O3. The van der Waals surface area contributed by atoms with Gasteiger partial charge in [-0.3, -0.25) is 4.79 Å². The molecule has 134 valence electrons. The van der Waals surface area contributed by atoms with Gasteiger partial charge in [0.1, 0.15) is 11.6 Å². The zero-order chi connectivity index (χ0) is 18.7. The number of carbonyl (C=O) groups is 2. The number of rotatable bonds is 5. The van der Waals surface area contributed by atoms with Crippen LogP contribution in [0.4, 0.5) is 14.5 Å². The Balaban J connectivity index is 1.68. The number of hydrogen-bond donors (Lipinski definition) is 1. The normalized spacial score (nSPS) is 10.7. The molecule has 0 bridgehead atoms. The molecule has 0 radical (unpaired) electrons. The number of ether oxygens (including phenoxy) is 1. The standard InChI is InChI=1S/C19H16F2N2O3/c1-2-23-10-14(13-5-3-4-6-17(13)23)19(25)26-11-18(24)22-16-8-7-12(20)9-15(16)21/h3-10H,2,11H2,1H3,(H,22,24). The maximum atomic E-state index is 13.5. The van der Waals surface area contributed by atoms with E-state index >= 15 is 0 Å². The van der Waals surface area contributed by atoms with Crippen LogP contribution < -0.4 is 5.32 Å². The minimum Gasteiger partial charge on any atom is -0.452 e. The summed E-state index contributed by atoms with van der Waals surface area (Å²) in [6, 6.07) is 10.1. The molecule has 0 saturated heterocycles. The first-order valence-electron chi connectivity index (χ1n) is 7.99. The van der Waals surface area contributed by atoms with Crippen LogP contribution in [0.15, 0.2) is 48.7 Å². The highest BCUT2D eigenvalue weighted by Crippen LogP contribution is 2.22. The summed E-state index contributed by atoms with van der Waals surface area (Å²) in [4.78, 5) is 24.2. The molecule has 1 aromatic heterocycles. The summed E-state index contributed by atoms with van der Waals surface area (Å²) in [6.45, 7) is 2.05. The van der Waals surface area contributed by atoms with Gasteiger partial charge in [0.2, 0.25) is 0 Å². The molecule has 0 aliphatic carbocycles. The van der Waals surface area contributed by atoms with Crippen LogP contribution in [0, 0.1) is 11.6 Å². The lowest BCUT2D eigenvalue weighted by Crippen LogP contribution is -2.21. The number of carbonyl (C=O) groups excluding carboxylic acids is 2. The second-order valence-corrected chi connectivity index (χ2v) is 5.59. The average molecular weight is 358 g/mol. The Bertz CT molecular complexity index is 982. The van der Waals surface area contributed by atoms with E-state index in [-0.39, 0.29) is 5.69 Å². The van der Waals surface area contributed by atoms with Crippen LogP contribution in [0.1, 0.15) is 17.3 Å². The maximum Gasteiger partial charge on any atom is 0.340 e. The molecular weight excluding hydrogens is 342 g/mol. The van der Waals surface area contributed by atoms with Gasteiger partial charge in [-0.05, 0) is 25.1 Å². The summed E-state index contributed by atoms with van der Waals surface area (Å²) in [5.74, 6) is -3.03. The molecule has 0 aliphatic heterocycles. The van der Waals surface area contributed by atoms with Crippen LogP contribution >= 0.6 is 0 Å². The van der Waals surface area contributed by atoms with Crippen molar-refractivity contribution in [1.82, 2.24) is 4.57 Å². The minimum atomic E-state index is -0.907. The highest BCUT2D eigenvalue weighted by atomic mass is 19.1. The van der Waals surface area contributed by atoms with Crippen LogP contribution in [0.2, 0.25) is 0 Å². The van der Waals surface area contributed by atoms with E-state index in [1.165, 1.54) is 0 Å². The third-order valence-corrected chi connectivity index (χ3v) is 3.89. The number of anilines is 1. The molecule has 3 aromatic rings. The van der Waals surface area contributed by atoms with Crippen molar-refractivity contribution in [2.45, 2.75) is 13.5 Å². The molecule has 0 fully saturated rings. The molecule has 1 amide bonds. The summed E-state index contributed by atoms with van der Waals surface area (Å²) in [5, 5.41) is 2.96. The first-order valence-corrected chi connectivity index (χ1v) is 7.99. The number of fused-ring (bicyclic) bond motifs is 1. The zero-order valence-electron chi connectivity index (χ0n) is 14.0. The van der Waals surface area contributed by atoms with Crippen LogP contribution in [-0.2, 0) is 16.1 Å². The molecule has 1 N–H and O–H groups in total. The summed E-state index contributed by atoms with van der Waals surface area (Å²) in [6.07, 6.45) is 1.67. The predicted octanol–water partition coefficient (Wildman–Crippen LogP) is 3.73. The fourth-order valence-corrected chi connectivity index (χ4v) is 2.66. The van der Waals surface area contributed by atoms with Gasteiger partial charge >= 0.3 is 5.97 Å². The minimum absolute atomic E-state index is 0.185. The third kappa shape index (κ3) is 3.56. The fourth-order valence-electron chi connectivity index (χ4n) is 2.66. The Kier molecular flexibility index (Phi) is 4.97. The van der Waals surface area contributed by atoms with Crippen LogP contribution in [0.3, 0.4) is 0 Å². The van der Waals surface area contributed by atoms with E-state index in [4.69, 9.17) is 4.74 Å². The quantitative estimate of drug-likeness (QED) is 0.707. The van der Waals surface area contributed by atoms with Crippen LogP contribution in [0.25, 0.3) is 10.9 Å². The largest absolute Gasteiger partial charge is 0.452 e. The molecule has 7 heteroatoms. The Labute approximate surface area is 148 Å². The number of benzene rings is 2. The fraction of sp³-hybridized carbons (Fsp3) is 0.158. The van der Waals surface area contributed by atoms with E-state index in [1.54, 1.807) is 12.3 Å². The van der Waals surface area contributed by atoms with Crippen molar-refractivity contribution in [1.29, 1.82) is 0 Å². The maximum absolute atomic E-state index is 13.5. The molecule has 1 heterocycles. The number of amides is 1. The summed E-state index contributed by atoms with van der Waals surface area (Å²) >= 11 is 0. The Morgan fingerprint density at radius 1 is 1.15 bits per heavy atom. The van der Waals surface area contributed by atoms with E-state index in [1.807, 2.05) is 29.7 Å². The van der Waals surface area contributed by atoms with Crippen LogP contribution in [0.5, 0.6) is 0 Å².